The first-order chi connectivity index (χ1) is 6.69. The van der Waals surface area contributed by atoms with E-state index in [1.165, 1.54) is 31.4 Å². The lowest BCUT2D eigenvalue weighted by Gasteiger charge is -2.17. The van der Waals surface area contributed by atoms with E-state index >= 15 is 0 Å². The molecule has 0 aromatic carbocycles. The molecule has 0 saturated heterocycles. The van der Waals surface area contributed by atoms with Crippen molar-refractivity contribution in [2.45, 2.75) is 52.5 Å². The number of nitrogen functional groups attached to an aromatic ring is 1. The maximum Gasteiger partial charge on any atom is 0.145 e. The lowest BCUT2D eigenvalue weighted by Crippen LogP contribution is -2.12. The van der Waals surface area contributed by atoms with E-state index in [9.17, 15) is 0 Å². The predicted molar refractivity (Wildman–Crippen MR) is 60.2 cm³/mol. The van der Waals surface area contributed by atoms with Gasteiger partial charge in [0.2, 0.25) is 0 Å². The van der Waals surface area contributed by atoms with Gasteiger partial charge in [0, 0.05) is 11.8 Å². The second-order valence-corrected chi connectivity index (χ2v) is 3.89. The van der Waals surface area contributed by atoms with Crippen LogP contribution in [0.1, 0.15) is 51.3 Å². The third-order valence-corrected chi connectivity index (χ3v) is 2.53. The molecule has 0 aliphatic carbocycles. The molecule has 1 aromatic heterocycles. The lowest BCUT2D eigenvalue weighted by atomic mass is 10.1. The third kappa shape index (κ3) is 2.50. The molecule has 14 heavy (non-hydrogen) atoms. The molecule has 0 fully saturated rings. The van der Waals surface area contributed by atoms with Gasteiger partial charge in [-0.3, -0.25) is 4.68 Å². The van der Waals surface area contributed by atoms with E-state index in [0.29, 0.717) is 11.9 Å². The van der Waals surface area contributed by atoms with Crippen LogP contribution in [0, 0.1) is 6.92 Å². The Balaban J connectivity index is 2.80. The van der Waals surface area contributed by atoms with Crippen molar-refractivity contribution in [3.8, 4) is 0 Å². The van der Waals surface area contributed by atoms with Crippen molar-refractivity contribution in [1.29, 1.82) is 0 Å². The molecule has 1 heterocycles. The molecule has 0 spiro atoms. The Bertz CT molecular complexity index is 272. The molecule has 3 nitrogen and oxygen atoms in total. The van der Waals surface area contributed by atoms with Crippen LogP contribution in [0.25, 0.3) is 0 Å². The monoisotopic (exact) mass is 195 g/mol. The SMILES string of the molecule is CCCC(CCC)n1nc(N)cc1C. The van der Waals surface area contributed by atoms with Gasteiger partial charge in [0.25, 0.3) is 0 Å². The topological polar surface area (TPSA) is 43.8 Å². The Hall–Kier alpha value is -0.990. The van der Waals surface area contributed by atoms with Crippen LogP contribution < -0.4 is 5.73 Å². The fourth-order valence-electron chi connectivity index (χ4n) is 1.94. The number of rotatable bonds is 5. The Kier molecular flexibility index (Phi) is 3.98. The van der Waals surface area contributed by atoms with Crippen LogP contribution in [0.5, 0.6) is 0 Å². The zero-order chi connectivity index (χ0) is 10.6. The highest BCUT2D eigenvalue weighted by atomic mass is 15.3. The zero-order valence-electron chi connectivity index (χ0n) is 9.45. The van der Waals surface area contributed by atoms with Crippen LogP contribution in [-0.4, -0.2) is 9.78 Å². The largest absolute Gasteiger partial charge is 0.382 e. The van der Waals surface area contributed by atoms with Crippen molar-refractivity contribution in [3.05, 3.63) is 11.8 Å². The molecule has 3 heteroatoms. The highest BCUT2D eigenvalue weighted by Crippen LogP contribution is 2.21. The molecule has 2 N–H and O–H groups in total. The second-order valence-electron chi connectivity index (χ2n) is 3.89. The first-order valence-corrected chi connectivity index (χ1v) is 5.50. The Morgan fingerprint density at radius 3 is 2.29 bits per heavy atom. The molecule has 0 radical (unpaired) electrons. The van der Waals surface area contributed by atoms with E-state index in [0.717, 1.165) is 0 Å². The summed E-state index contributed by atoms with van der Waals surface area (Å²) in [5.74, 6) is 0.639. The minimum Gasteiger partial charge on any atom is -0.382 e. The van der Waals surface area contributed by atoms with Crippen LogP contribution in [0.3, 0.4) is 0 Å². The number of nitrogens with zero attached hydrogens (tertiary/aromatic N) is 2. The van der Waals surface area contributed by atoms with Crippen molar-refractivity contribution in [2.75, 3.05) is 5.73 Å². The van der Waals surface area contributed by atoms with Gasteiger partial charge < -0.3 is 5.73 Å². The number of hydrogen-bond acceptors (Lipinski definition) is 2. The van der Waals surface area contributed by atoms with E-state index in [-0.39, 0.29) is 0 Å². The van der Waals surface area contributed by atoms with Gasteiger partial charge in [0.15, 0.2) is 0 Å². The summed E-state index contributed by atoms with van der Waals surface area (Å²) in [7, 11) is 0. The Morgan fingerprint density at radius 1 is 1.36 bits per heavy atom. The molecule has 0 aliphatic heterocycles. The molecule has 80 valence electrons. The summed E-state index contributed by atoms with van der Waals surface area (Å²) in [6.07, 6.45) is 4.78. The number of anilines is 1. The summed E-state index contributed by atoms with van der Waals surface area (Å²) in [6, 6.07) is 2.47. The molecule has 1 aromatic rings. The highest BCUT2D eigenvalue weighted by molar-refractivity contribution is 5.29. The summed E-state index contributed by atoms with van der Waals surface area (Å²) >= 11 is 0. The van der Waals surface area contributed by atoms with Crippen molar-refractivity contribution in [1.82, 2.24) is 9.78 Å². The van der Waals surface area contributed by atoms with E-state index in [1.54, 1.807) is 0 Å². The number of aromatic nitrogens is 2. The summed E-state index contributed by atoms with van der Waals surface area (Å²) in [4.78, 5) is 0. The van der Waals surface area contributed by atoms with Crippen LogP contribution in [0.2, 0.25) is 0 Å². The van der Waals surface area contributed by atoms with Crippen LogP contribution in [-0.2, 0) is 0 Å². The van der Waals surface area contributed by atoms with Crippen molar-refractivity contribution < 1.29 is 0 Å². The summed E-state index contributed by atoms with van der Waals surface area (Å²) in [5.41, 5.74) is 6.85. The molecule has 1 rings (SSSR count). The third-order valence-electron chi connectivity index (χ3n) is 2.53. The number of hydrogen-bond donors (Lipinski definition) is 1. The molecule has 0 amide bonds. The van der Waals surface area contributed by atoms with Gasteiger partial charge in [-0.1, -0.05) is 26.7 Å². The van der Waals surface area contributed by atoms with Gasteiger partial charge in [-0.05, 0) is 19.8 Å². The standard InChI is InChI=1S/C11H21N3/c1-4-6-10(7-5-2)14-9(3)8-11(12)13-14/h8,10H,4-7H2,1-3H3,(H2,12,13). The van der Waals surface area contributed by atoms with Crippen molar-refractivity contribution in [2.24, 2.45) is 0 Å². The van der Waals surface area contributed by atoms with Gasteiger partial charge >= 0.3 is 0 Å². The summed E-state index contributed by atoms with van der Waals surface area (Å²) < 4.78 is 2.09. The first-order valence-electron chi connectivity index (χ1n) is 5.50. The molecule has 0 bridgehead atoms. The van der Waals surface area contributed by atoms with Gasteiger partial charge in [-0.25, -0.2) is 0 Å². The second kappa shape index (κ2) is 5.03. The summed E-state index contributed by atoms with van der Waals surface area (Å²) in [5, 5.41) is 4.34. The molecule has 0 atom stereocenters. The van der Waals surface area contributed by atoms with E-state index in [4.69, 9.17) is 5.73 Å². The maximum absolute atomic E-state index is 5.68. The van der Waals surface area contributed by atoms with Crippen LogP contribution in [0.4, 0.5) is 5.82 Å². The van der Waals surface area contributed by atoms with Gasteiger partial charge in [-0.2, -0.15) is 5.10 Å². The minimum atomic E-state index is 0.530. The van der Waals surface area contributed by atoms with Gasteiger partial charge in [-0.15, -0.1) is 0 Å². The molecule has 0 unspecified atom stereocenters. The zero-order valence-corrected chi connectivity index (χ0v) is 9.45. The Morgan fingerprint density at radius 2 is 1.93 bits per heavy atom. The van der Waals surface area contributed by atoms with E-state index in [1.807, 2.05) is 6.07 Å². The fourth-order valence-corrected chi connectivity index (χ4v) is 1.94. The number of nitrogens with two attached hydrogens (primary N) is 1. The average Bonchev–Trinajstić information content (AvgIpc) is 2.45. The van der Waals surface area contributed by atoms with Gasteiger partial charge in [0.05, 0.1) is 6.04 Å². The quantitative estimate of drug-likeness (QED) is 0.785. The predicted octanol–water partition coefficient (Wildman–Crippen LogP) is 2.92. The lowest BCUT2D eigenvalue weighted by molar-refractivity contribution is 0.385. The molecular weight excluding hydrogens is 174 g/mol. The minimum absolute atomic E-state index is 0.530. The van der Waals surface area contributed by atoms with Crippen LogP contribution >= 0.6 is 0 Å². The number of aryl methyl sites for hydroxylation is 1. The molecule has 0 aliphatic rings. The maximum atomic E-state index is 5.68. The van der Waals surface area contributed by atoms with Crippen LogP contribution in [0.15, 0.2) is 6.07 Å². The molecule has 0 saturated carbocycles. The van der Waals surface area contributed by atoms with Crippen molar-refractivity contribution >= 4 is 5.82 Å². The highest BCUT2D eigenvalue weighted by Gasteiger charge is 2.12. The van der Waals surface area contributed by atoms with Gasteiger partial charge in [0.1, 0.15) is 5.82 Å². The molecular formula is C11H21N3. The van der Waals surface area contributed by atoms with E-state index < -0.39 is 0 Å². The smallest absolute Gasteiger partial charge is 0.145 e. The van der Waals surface area contributed by atoms with E-state index in [2.05, 4.69) is 30.6 Å². The fraction of sp³-hybridized carbons (Fsp3) is 0.727. The first kappa shape index (κ1) is 11.1. The average molecular weight is 195 g/mol. The Labute approximate surface area is 86.3 Å². The van der Waals surface area contributed by atoms with Crippen molar-refractivity contribution in [3.63, 3.8) is 0 Å². The summed E-state index contributed by atoms with van der Waals surface area (Å²) in [6.45, 7) is 6.50. The normalized spacial score (nSPS) is 11.1.